The fraction of sp³-hybridized carbons (Fsp3) is 0.143. The van der Waals surface area contributed by atoms with E-state index in [-0.39, 0.29) is 22.6 Å². The van der Waals surface area contributed by atoms with Crippen LogP contribution in [0.15, 0.2) is 48.8 Å². The molecule has 3 aromatic rings. The number of nitrogens with two attached hydrogens (primary N) is 1. The molecule has 0 saturated carbocycles. The number of carbonyl (C=O) groups is 2. The zero-order valence-corrected chi connectivity index (χ0v) is 17.6. The fourth-order valence-corrected chi connectivity index (χ4v) is 2.97. The second kappa shape index (κ2) is 9.77. The number of esters is 2. The van der Waals surface area contributed by atoms with Gasteiger partial charge >= 0.3 is 11.9 Å². The number of methoxy groups -OCH3 is 2. The molecule has 1 heterocycles. The molecule has 0 aliphatic heterocycles. The largest absolute Gasteiger partial charge is 0.465 e. The summed E-state index contributed by atoms with van der Waals surface area (Å²) in [5, 5.41) is 6.75. The van der Waals surface area contributed by atoms with Gasteiger partial charge in [-0.3, -0.25) is 0 Å². The van der Waals surface area contributed by atoms with E-state index in [9.17, 15) is 9.59 Å². The Morgan fingerprint density at radius 1 is 1.00 bits per heavy atom. The number of nitrogens with zero attached hydrogens (tertiary/aromatic N) is 2. The van der Waals surface area contributed by atoms with Crippen LogP contribution in [-0.4, -0.2) is 36.1 Å². The van der Waals surface area contributed by atoms with Crippen LogP contribution in [0.5, 0.6) is 0 Å². The van der Waals surface area contributed by atoms with E-state index >= 15 is 0 Å². The van der Waals surface area contributed by atoms with Gasteiger partial charge in [0.1, 0.15) is 12.0 Å². The number of ether oxygens (including phenoxy) is 2. The van der Waals surface area contributed by atoms with Crippen molar-refractivity contribution in [3.63, 3.8) is 0 Å². The maximum atomic E-state index is 12.0. The standard InChI is InChI=1S/C21H20ClN5O4/c1-30-20(28)13-7-14(21(29)31-2)9-15(8-13)27-19-17(23)18(25-11-26-19)24-10-12-5-3-4-6-16(12)22/h3-9,11H,10,23H2,1-2H3,(H2,24,25,26,27). The van der Waals surface area contributed by atoms with E-state index in [2.05, 4.69) is 20.6 Å². The first-order valence-electron chi connectivity index (χ1n) is 9.09. The summed E-state index contributed by atoms with van der Waals surface area (Å²) in [6.45, 7) is 0.407. The van der Waals surface area contributed by atoms with E-state index in [4.69, 9.17) is 26.8 Å². The Balaban J connectivity index is 1.87. The summed E-state index contributed by atoms with van der Waals surface area (Å²) in [4.78, 5) is 32.3. The molecule has 0 aliphatic rings. The van der Waals surface area contributed by atoms with Gasteiger partial charge in [-0.05, 0) is 29.8 Å². The van der Waals surface area contributed by atoms with Crippen molar-refractivity contribution in [3.8, 4) is 0 Å². The molecular weight excluding hydrogens is 422 g/mol. The SMILES string of the molecule is COC(=O)c1cc(Nc2ncnc(NCc3ccccc3Cl)c2N)cc(C(=O)OC)c1. The van der Waals surface area contributed by atoms with Crippen LogP contribution in [0.2, 0.25) is 5.02 Å². The van der Waals surface area contributed by atoms with Gasteiger partial charge in [0, 0.05) is 17.3 Å². The van der Waals surface area contributed by atoms with Gasteiger partial charge < -0.3 is 25.8 Å². The van der Waals surface area contributed by atoms with Crippen molar-refractivity contribution in [2.45, 2.75) is 6.54 Å². The van der Waals surface area contributed by atoms with Crippen molar-refractivity contribution in [2.24, 2.45) is 0 Å². The highest BCUT2D eigenvalue weighted by atomic mass is 35.5. The number of halogens is 1. The average Bonchev–Trinajstić information content (AvgIpc) is 2.79. The molecule has 9 nitrogen and oxygen atoms in total. The number of hydrogen-bond donors (Lipinski definition) is 3. The number of nitrogens with one attached hydrogen (secondary N) is 2. The minimum atomic E-state index is -0.605. The Bertz CT molecular complexity index is 1090. The van der Waals surface area contributed by atoms with Crippen LogP contribution in [0, 0.1) is 0 Å². The molecule has 31 heavy (non-hydrogen) atoms. The molecule has 0 bridgehead atoms. The number of carbonyl (C=O) groups excluding carboxylic acids is 2. The smallest absolute Gasteiger partial charge is 0.337 e. The first-order chi connectivity index (χ1) is 14.9. The number of anilines is 4. The summed E-state index contributed by atoms with van der Waals surface area (Å²) in [7, 11) is 2.50. The molecule has 3 rings (SSSR count). The van der Waals surface area contributed by atoms with Crippen molar-refractivity contribution in [1.29, 1.82) is 0 Å². The van der Waals surface area contributed by atoms with Crippen LogP contribution in [0.3, 0.4) is 0 Å². The Hall–Kier alpha value is -3.85. The van der Waals surface area contributed by atoms with E-state index in [0.29, 0.717) is 23.1 Å². The van der Waals surface area contributed by atoms with Gasteiger partial charge in [-0.2, -0.15) is 0 Å². The van der Waals surface area contributed by atoms with E-state index in [0.717, 1.165) is 5.56 Å². The summed E-state index contributed by atoms with van der Waals surface area (Å²) >= 11 is 6.18. The molecule has 4 N–H and O–H groups in total. The fourth-order valence-electron chi connectivity index (χ4n) is 2.76. The van der Waals surface area contributed by atoms with E-state index < -0.39 is 11.9 Å². The molecule has 1 aromatic heterocycles. The molecule has 0 saturated heterocycles. The second-order valence-electron chi connectivity index (χ2n) is 6.34. The van der Waals surface area contributed by atoms with Crippen LogP contribution < -0.4 is 16.4 Å². The average molecular weight is 442 g/mol. The number of hydrogen-bond acceptors (Lipinski definition) is 9. The first-order valence-corrected chi connectivity index (χ1v) is 9.47. The predicted molar refractivity (Wildman–Crippen MR) is 118 cm³/mol. The van der Waals surface area contributed by atoms with Crippen molar-refractivity contribution >= 4 is 46.6 Å². The summed E-state index contributed by atoms with van der Waals surface area (Å²) in [5.41, 5.74) is 8.07. The molecule has 0 radical (unpaired) electrons. The number of aromatic nitrogens is 2. The summed E-state index contributed by atoms with van der Waals surface area (Å²) in [6, 6.07) is 11.8. The maximum Gasteiger partial charge on any atom is 0.337 e. The molecule has 160 valence electrons. The van der Waals surface area contributed by atoms with Gasteiger partial charge in [0.15, 0.2) is 11.6 Å². The third-order valence-electron chi connectivity index (χ3n) is 4.33. The molecule has 0 aliphatic carbocycles. The van der Waals surface area contributed by atoms with Crippen LogP contribution in [0.4, 0.5) is 23.0 Å². The molecule has 0 atom stereocenters. The third-order valence-corrected chi connectivity index (χ3v) is 4.69. The van der Waals surface area contributed by atoms with Crippen molar-refractivity contribution in [3.05, 3.63) is 70.5 Å². The van der Waals surface area contributed by atoms with Crippen LogP contribution in [-0.2, 0) is 16.0 Å². The van der Waals surface area contributed by atoms with E-state index in [1.54, 1.807) is 6.07 Å². The first kappa shape index (κ1) is 21.8. The Morgan fingerprint density at radius 2 is 1.61 bits per heavy atom. The van der Waals surface area contributed by atoms with Crippen LogP contribution >= 0.6 is 11.6 Å². The van der Waals surface area contributed by atoms with Gasteiger partial charge in [0.05, 0.1) is 25.3 Å². The Kier molecular flexibility index (Phi) is 6.88. The molecular formula is C21H20ClN5O4. The minimum Gasteiger partial charge on any atom is -0.465 e. The summed E-state index contributed by atoms with van der Waals surface area (Å²) < 4.78 is 9.49. The molecule has 2 aromatic carbocycles. The summed E-state index contributed by atoms with van der Waals surface area (Å²) in [5.74, 6) is -0.526. The minimum absolute atomic E-state index is 0.164. The van der Waals surface area contributed by atoms with Gasteiger partial charge in [-0.25, -0.2) is 19.6 Å². The van der Waals surface area contributed by atoms with E-state index in [1.165, 1.54) is 38.7 Å². The lowest BCUT2D eigenvalue weighted by molar-refractivity contribution is 0.0599. The zero-order chi connectivity index (χ0) is 22.4. The lowest BCUT2D eigenvalue weighted by Crippen LogP contribution is -2.10. The summed E-state index contributed by atoms with van der Waals surface area (Å²) in [6.07, 6.45) is 1.33. The zero-order valence-electron chi connectivity index (χ0n) is 16.8. The van der Waals surface area contributed by atoms with Crippen LogP contribution in [0.1, 0.15) is 26.3 Å². The van der Waals surface area contributed by atoms with Crippen molar-refractivity contribution in [2.75, 3.05) is 30.6 Å². The molecule has 10 heteroatoms. The molecule has 0 unspecified atom stereocenters. The highest BCUT2D eigenvalue weighted by molar-refractivity contribution is 6.31. The number of rotatable bonds is 7. The third kappa shape index (κ3) is 5.20. The highest BCUT2D eigenvalue weighted by Crippen LogP contribution is 2.28. The van der Waals surface area contributed by atoms with Crippen molar-refractivity contribution < 1.29 is 19.1 Å². The molecule has 0 fully saturated rings. The predicted octanol–water partition coefficient (Wildman–Crippen LogP) is 3.64. The molecule has 0 amide bonds. The lowest BCUT2D eigenvalue weighted by Gasteiger charge is -2.14. The van der Waals surface area contributed by atoms with Crippen LogP contribution in [0.25, 0.3) is 0 Å². The lowest BCUT2D eigenvalue weighted by atomic mass is 10.1. The number of benzene rings is 2. The second-order valence-corrected chi connectivity index (χ2v) is 6.74. The topological polar surface area (TPSA) is 128 Å². The van der Waals surface area contributed by atoms with Gasteiger partial charge in [0.25, 0.3) is 0 Å². The monoisotopic (exact) mass is 441 g/mol. The quantitative estimate of drug-likeness (QED) is 0.470. The van der Waals surface area contributed by atoms with Gasteiger partial charge in [-0.1, -0.05) is 29.8 Å². The van der Waals surface area contributed by atoms with E-state index in [1.807, 2.05) is 18.2 Å². The maximum absolute atomic E-state index is 12.0. The Morgan fingerprint density at radius 3 is 2.23 bits per heavy atom. The normalized spacial score (nSPS) is 10.3. The highest BCUT2D eigenvalue weighted by Gasteiger charge is 2.15. The van der Waals surface area contributed by atoms with Gasteiger partial charge in [-0.15, -0.1) is 0 Å². The van der Waals surface area contributed by atoms with Gasteiger partial charge in [0.2, 0.25) is 0 Å². The number of nitrogen functional groups attached to an aromatic ring is 1. The molecule has 0 spiro atoms. The van der Waals surface area contributed by atoms with Crippen molar-refractivity contribution in [1.82, 2.24) is 9.97 Å². The Labute approximate surface area is 183 Å².